The Morgan fingerprint density at radius 3 is 3.00 bits per heavy atom. The number of aromatic nitrogens is 2. The lowest BCUT2D eigenvalue weighted by Gasteiger charge is -2.38. The van der Waals surface area contributed by atoms with Gasteiger partial charge in [0.2, 0.25) is 0 Å². The lowest BCUT2D eigenvalue weighted by Crippen LogP contribution is -2.43. The number of pyridine rings is 1. The van der Waals surface area contributed by atoms with Crippen molar-refractivity contribution in [1.82, 2.24) is 9.38 Å². The quantitative estimate of drug-likeness (QED) is 0.933. The molecule has 2 atom stereocenters. The second-order valence-corrected chi connectivity index (χ2v) is 5.90. The maximum Gasteiger partial charge on any atom is 0.151 e. The van der Waals surface area contributed by atoms with E-state index in [9.17, 15) is 0 Å². The molecular formula is C16H24N4. The highest BCUT2D eigenvalue weighted by atomic mass is 15.3. The van der Waals surface area contributed by atoms with Gasteiger partial charge >= 0.3 is 0 Å². The normalized spacial score (nSPS) is 23.4. The van der Waals surface area contributed by atoms with E-state index < -0.39 is 0 Å². The van der Waals surface area contributed by atoms with Crippen molar-refractivity contribution in [3.63, 3.8) is 0 Å². The molecule has 108 valence electrons. The average molecular weight is 272 g/mol. The largest absolute Gasteiger partial charge is 0.352 e. The van der Waals surface area contributed by atoms with Crippen LogP contribution in [0.4, 0.5) is 5.82 Å². The molecule has 20 heavy (non-hydrogen) atoms. The second-order valence-electron chi connectivity index (χ2n) is 5.90. The first-order valence-electron chi connectivity index (χ1n) is 7.65. The van der Waals surface area contributed by atoms with Crippen LogP contribution in [0.15, 0.2) is 24.4 Å². The number of nitrogens with two attached hydrogens (primary N) is 1. The van der Waals surface area contributed by atoms with E-state index in [1.807, 2.05) is 6.07 Å². The van der Waals surface area contributed by atoms with Crippen LogP contribution in [0.25, 0.3) is 5.65 Å². The van der Waals surface area contributed by atoms with E-state index in [1.54, 1.807) is 0 Å². The fraction of sp³-hybridized carbons (Fsp3) is 0.562. The van der Waals surface area contributed by atoms with Crippen molar-refractivity contribution in [2.45, 2.75) is 39.2 Å². The lowest BCUT2D eigenvalue weighted by atomic mass is 9.92. The lowest BCUT2D eigenvalue weighted by molar-refractivity contribution is 0.361. The number of hydrogen-bond acceptors (Lipinski definition) is 3. The molecule has 2 aromatic heterocycles. The molecule has 1 saturated heterocycles. The molecule has 0 saturated carbocycles. The molecule has 1 aliphatic heterocycles. The first-order chi connectivity index (χ1) is 9.72. The topological polar surface area (TPSA) is 46.6 Å². The minimum atomic E-state index is 0.546. The third kappa shape index (κ3) is 2.18. The number of imidazole rings is 1. The molecule has 0 aromatic carbocycles. The van der Waals surface area contributed by atoms with E-state index in [4.69, 9.17) is 10.7 Å². The maximum atomic E-state index is 5.81. The minimum Gasteiger partial charge on any atom is -0.352 e. The van der Waals surface area contributed by atoms with Crippen LogP contribution in [0, 0.1) is 5.92 Å². The van der Waals surface area contributed by atoms with E-state index in [2.05, 4.69) is 41.5 Å². The molecule has 2 N–H and O–H groups in total. The van der Waals surface area contributed by atoms with Crippen molar-refractivity contribution in [3.05, 3.63) is 30.1 Å². The molecule has 3 rings (SSSR count). The fourth-order valence-corrected chi connectivity index (χ4v) is 3.27. The summed E-state index contributed by atoms with van der Waals surface area (Å²) in [4.78, 5) is 7.35. The van der Waals surface area contributed by atoms with E-state index in [0.717, 1.165) is 30.3 Å². The van der Waals surface area contributed by atoms with Gasteiger partial charge in [-0.2, -0.15) is 0 Å². The Morgan fingerprint density at radius 2 is 2.20 bits per heavy atom. The van der Waals surface area contributed by atoms with Gasteiger partial charge in [-0.15, -0.1) is 0 Å². The summed E-state index contributed by atoms with van der Waals surface area (Å²) in [6.45, 7) is 6.43. The van der Waals surface area contributed by atoms with Gasteiger partial charge in [0, 0.05) is 25.2 Å². The van der Waals surface area contributed by atoms with E-state index in [-0.39, 0.29) is 0 Å². The Kier molecular flexibility index (Phi) is 3.66. The third-order valence-corrected chi connectivity index (χ3v) is 4.63. The van der Waals surface area contributed by atoms with Gasteiger partial charge < -0.3 is 15.0 Å². The molecule has 0 aliphatic carbocycles. The average Bonchev–Trinajstić information content (AvgIpc) is 2.81. The van der Waals surface area contributed by atoms with Gasteiger partial charge in [-0.05, 0) is 44.4 Å². The number of piperidine rings is 1. The second kappa shape index (κ2) is 5.44. The summed E-state index contributed by atoms with van der Waals surface area (Å²) in [7, 11) is 0. The van der Waals surface area contributed by atoms with E-state index in [1.165, 1.54) is 18.5 Å². The summed E-state index contributed by atoms with van der Waals surface area (Å²) >= 11 is 0. The van der Waals surface area contributed by atoms with E-state index >= 15 is 0 Å². The summed E-state index contributed by atoms with van der Waals surface area (Å²) in [6.07, 6.45) is 5.53. The Bertz CT molecular complexity index is 589. The Hall–Kier alpha value is -1.55. The molecule has 0 bridgehead atoms. The molecule has 3 heterocycles. The van der Waals surface area contributed by atoms with Crippen LogP contribution in [-0.2, 0) is 6.42 Å². The number of rotatable bonds is 3. The van der Waals surface area contributed by atoms with Gasteiger partial charge in [-0.1, -0.05) is 13.0 Å². The zero-order chi connectivity index (χ0) is 14.1. The molecule has 4 nitrogen and oxygen atoms in total. The predicted octanol–water partition coefficient (Wildman–Crippen LogP) is 2.46. The van der Waals surface area contributed by atoms with Crippen molar-refractivity contribution >= 4 is 11.5 Å². The van der Waals surface area contributed by atoms with Crippen molar-refractivity contribution in [2.75, 3.05) is 18.0 Å². The van der Waals surface area contributed by atoms with Crippen molar-refractivity contribution < 1.29 is 0 Å². The van der Waals surface area contributed by atoms with Crippen LogP contribution in [0.1, 0.15) is 32.4 Å². The molecule has 0 spiro atoms. The highest BCUT2D eigenvalue weighted by Gasteiger charge is 2.28. The summed E-state index contributed by atoms with van der Waals surface area (Å²) < 4.78 is 2.19. The van der Waals surface area contributed by atoms with Crippen molar-refractivity contribution in [3.8, 4) is 0 Å². The number of nitrogens with zero attached hydrogens (tertiary/aromatic N) is 3. The minimum absolute atomic E-state index is 0.546. The number of anilines is 1. The predicted molar refractivity (Wildman–Crippen MR) is 83.2 cm³/mol. The Labute approximate surface area is 120 Å². The fourth-order valence-electron chi connectivity index (χ4n) is 3.27. The SMILES string of the molecule is CC1CCCN(c2nc3ccccn3c2CCN)C1C. The highest BCUT2D eigenvalue weighted by molar-refractivity contribution is 5.57. The zero-order valence-corrected chi connectivity index (χ0v) is 12.4. The molecular weight excluding hydrogens is 248 g/mol. The van der Waals surface area contributed by atoms with Crippen LogP contribution in [-0.4, -0.2) is 28.5 Å². The summed E-state index contributed by atoms with van der Waals surface area (Å²) in [5, 5.41) is 0. The van der Waals surface area contributed by atoms with Crippen LogP contribution in [0.2, 0.25) is 0 Å². The van der Waals surface area contributed by atoms with Gasteiger partial charge in [0.25, 0.3) is 0 Å². The first-order valence-corrected chi connectivity index (χ1v) is 7.65. The van der Waals surface area contributed by atoms with Gasteiger partial charge in [0.15, 0.2) is 5.82 Å². The number of hydrogen-bond donors (Lipinski definition) is 1. The zero-order valence-electron chi connectivity index (χ0n) is 12.4. The summed E-state index contributed by atoms with van der Waals surface area (Å²) in [6, 6.07) is 6.72. The van der Waals surface area contributed by atoms with Crippen LogP contribution >= 0.6 is 0 Å². The van der Waals surface area contributed by atoms with Crippen LogP contribution < -0.4 is 10.6 Å². The third-order valence-electron chi connectivity index (χ3n) is 4.63. The van der Waals surface area contributed by atoms with Gasteiger partial charge in [-0.25, -0.2) is 4.98 Å². The van der Waals surface area contributed by atoms with Crippen LogP contribution in [0.5, 0.6) is 0 Å². The molecule has 4 heteroatoms. The summed E-state index contributed by atoms with van der Waals surface area (Å²) in [5.74, 6) is 1.86. The molecule has 2 aromatic rings. The van der Waals surface area contributed by atoms with Crippen molar-refractivity contribution in [1.29, 1.82) is 0 Å². The molecule has 0 radical (unpaired) electrons. The number of fused-ring (bicyclic) bond motifs is 1. The maximum absolute atomic E-state index is 5.81. The van der Waals surface area contributed by atoms with Crippen molar-refractivity contribution in [2.24, 2.45) is 11.7 Å². The van der Waals surface area contributed by atoms with E-state index in [0.29, 0.717) is 12.6 Å². The smallest absolute Gasteiger partial charge is 0.151 e. The summed E-state index contributed by atoms with van der Waals surface area (Å²) in [5.41, 5.74) is 8.09. The standard InChI is InChI=1S/C16H24N4/c1-12-6-5-11-19(13(12)2)16-14(8-9-17)20-10-4-3-7-15(20)18-16/h3-4,7,10,12-13H,5-6,8-9,11,17H2,1-2H3. The Morgan fingerprint density at radius 1 is 1.35 bits per heavy atom. The highest BCUT2D eigenvalue weighted by Crippen LogP contribution is 2.31. The molecule has 0 amide bonds. The van der Waals surface area contributed by atoms with Crippen LogP contribution in [0.3, 0.4) is 0 Å². The molecule has 1 fully saturated rings. The van der Waals surface area contributed by atoms with Gasteiger partial charge in [0.1, 0.15) is 5.65 Å². The Balaban J connectivity index is 2.07. The monoisotopic (exact) mass is 272 g/mol. The van der Waals surface area contributed by atoms with Gasteiger partial charge in [-0.3, -0.25) is 0 Å². The molecule has 2 unspecified atom stereocenters. The molecule has 1 aliphatic rings. The van der Waals surface area contributed by atoms with Gasteiger partial charge in [0.05, 0.1) is 5.69 Å². The first kappa shape index (κ1) is 13.4.